The summed E-state index contributed by atoms with van der Waals surface area (Å²) in [6, 6.07) is 14.5. The summed E-state index contributed by atoms with van der Waals surface area (Å²) in [6.07, 6.45) is 6.51. The van der Waals surface area contributed by atoms with Gasteiger partial charge in [-0.3, -0.25) is 4.79 Å². The minimum Gasteiger partial charge on any atom is -0.352 e. The van der Waals surface area contributed by atoms with Gasteiger partial charge in [-0.05, 0) is 43.5 Å². The molecule has 1 N–H and O–H groups in total. The molecule has 6 nitrogen and oxygen atoms in total. The van der Waals surface area contributed by atoms with E-state index in [1.54, 1.807) is 18.2 Å². The van der Waals surface area contributed by atoms with Gasteiger partial charge in [0.05, 0.1) is 26.7 Å². The van der Waals surface area contributed by atoms with Crippen LogP contribution in [0.5, 0.6) is 0 Å². The first kappa shape index (κ1) is 22.9. The Bertz CT molecular complexity index is 1170. The number of hydrogen-bond donors (Lipinski definition) is 1. The molecule has 1 fully saturated rings. The zero-order chi connectivity index (χ0) is 22.6. The van der Waals surface area contributed by atoms with Crippen molar-refractivity contribution in [1.29, 1.82) is 0 Å². The summed E-state index contributed by atoms with van der Waals surface area (Å²) in [4.78, 5) is 17.5. The van der Waals surface area contributed by atoms with Gasteiger partial charge in [0.1, 0.15) is 0 Å². The van der Waals surface area contributed by atoms with E-state index in [9.17, 15) is 13.2 Å². The molecule has 32 heavy (non-hydrogen) atoms. The normalized spacial score (nSPS) is 15.7. The van der Waals surface area contributed by atoms with Gasteiger partial charge in [0.15, 0.2) is 0 Å². The van der Waals surface area contributed by atoms with Crippen LogP contribution in [0.25, 0.3) is 10.2 Å². The zero-order valence-electron chi connectivity index (χ0n) is 18.3. The van der Waals surface area contributed by atoms with E-state index < -0.39 is 10.0 Å². The average molecular weight is 472 g/mol. The Morgan fingerprint density at radius 1 is 1.09 bits per heavy atom. The Balaban J connectivity index is 1.59. The van der Waals surface area contributed by atoms with Gasteiger partial charge in [0.25, 0.3) is 0 Å². The molecule has 0 saturated heterocycles. The van der Waals surface area contributed by atoms with Gasteiger partial charge >= 0.3 is 0 Å². The number of hydrogen-bond acceptors (Lipinski definition) is 5. The maximum Gasteiger partial charge on any atom is 0.243 e. The van der Waals surface area contributed by atoms with Crippen molar-refractivity contribution in [3.63, 3.8) is 0 Å². The molecular formula is C24H29N3O3S2. The predicted molar refractivity (Wildman–Crippen MR) is 128 cm³/mol. The van der Waals surface area contributed by atoms with Crippen molar-refractivity contribution in [2.45, 2.75) is 62.9 Å². The van der Waals surface area contributed by atoms with Gasteiger partial charge in [0.2, 0.25) is 15.9 Å². The lowest BCUT2D eigenvalue weighted by atomic mass is 10.1. The van der Waals surface area contributed by atoms with E-state index in [4.69, 9.17) is 0 Å². The monoisotopic (exact) mass is 471 g/mol. The predicted octanol–water partition coefficient (Wildman–Crippen LogP) is 4.63. The van der Waals surface area contributed by atoms with Crippen molar-refractivity contribution in [3.8, 4) is 0 Å². The first-order valence-corrected chi connectivity index (χ1v) is 13.4. The lowest BCUT2D eigenvalue weighted by Crippen LogP contribution is -2.43. The zero-order valence-corrected chi connectivity index (χ0v) is 19.9. The Hall–Kier alpha value is -2.29. The van der Waals surface area contributed by atoms with E-state index in [0.717, 1.165) is 46.5 Å². The number of carbonyl (C=O) groups is 1. The number of nitrogens with one attached hydrogen (secondary N) is 1. The summed E-state index contributed by atoms with van der Waals surface area (Å²) < 4.78 is 29.3. The number of amides is 1. The average Bonchev–Trinajstić information content (AvgIpc) is 2.96. The molecule has 8 heteroatoms. The van der Waals surface area contributed by atoms with E-state index in [1.807, 2.05) is 37.3 Å². The van der Waals surface area contributed by atoms with Crippen LogP contribution in [0.4, 0.5) is 0 Å². The van der Waals surface area contributed by atoms with Crippen LogP contribution in [0.15, 0.2) is 53.4 Å². The molecule has 0 spiro atoms. The van der Waals surface area contributed by atoms with Crippen molar-refractivity contribution >= 4 is 37.5 Å². The Labute approximate surface area is 193 Å². The van der Waals surface area contributed by atoms with Gasteiger partial charge in [-0.1, -0.05) is 56.0 Å². The molecule has 0 radical (unpaired) electrons. The third-order valence-electron chi connectivity index (χ3n) is 5.85. The largest absolute Gasteiger partial charge is 0.352 e. The number of benzene rings is 2. The molecule has 0 bridgehead atoms. The Morgan fingerprint density at radius 2 is 1.81 bits per heavy atom. The number of fused-ring (bicyclic) bond motifs is 1. The minimum absolute atomic E-state index is 0.128. The van der Waals surface area contributed by atoms with Crippen molar-refractivity contribution < 1.29 is 13.2 Å². The van der Waals surface area contributed by atoms with E-state index in [2.05, 4.69) is 10.3 Å². The summed E-state index contributed by atoms with van der Waals surface area (Å²) in [7, 11) is -3.87. The molecule has 1 amide bonds. The molecule has 1 aliphatic rings. The molecule has 0 atom stereocenters. The van der Waals surface area contributed by atoms with Crippen LogP contribution in [0, 0.1) is 6.92 Å². The maximum atomic E-state index is 13.6. The van der Waals surface area contributed by atoms with Gasteiger partial charge in [-0.15, -0.1) is 11.3 Å². The number of aromatic nitrogens is 1. The van der Waals surface area contributed by atoms with Crippen molar-refractivity contribution in [3.05, 3.63) is 59.1 Å². The first-order chi connectivity index (χ1) is 15.4. The minimum atomic E-state index is -3.87. The Morgan fingerprint density at radius 3 is 2.53 bits per heavy atom. The number of carbonyl (C=O) groups excluding carboxylic acids is 1. The van der Waals surface area contributed by atoms with Crippen LogP contribution in [0.2, 0.25) is 0 Å². The molecule has 1 saturated carbocycles. The molecule has 0 unspecified atom stereocenters. The molecule has 3 aromatic rings. The highest BCUT2D eigenvalue weighted by Crippen LogP contribution is 2.27. The fourth-order valence-corrected chi connectivity index (χ4v) is 6.55. The third-order valence-corrected chi connectivity index (χ3v) is 8.57. The third kappa shape index (κ3) is 5.54. The van der Waals surface area contributed by atoms with E-state index in [1.165, 1.54) is 28.5 Å². The molecule has 1 aromatic heterocycles. The highest BCUT2D eigenvalue weighted by molar-refractivity contribution is 7.89. The second kappa shape index (κ2) is 10.1. The summed E-state index contributed by atoms with van der Waals surface area (Å²) in [5.74, 6) is -0.244. The van der Waals surface area contributed by atoms with E-state index >= 15 is 0 Å². The molecule has 1 heterocycles. The van der Waals surface area contributed by atoms with Gasteiger partial charge in [-0.2, -0.15) is 4.31 Å². The lowest BCUT2D eigenvalue weighted by molar-refractivity contribution is -0.122. The smallest absolute Gasteiger partial charge is 0.243 e. The summed E-state index contributed by atoms with van der Waals surface area (Å²) >= 11 is 1.46. The molecule has 2 aromatic carbocycles. The molecule has 4 rings (SSSR count). The summed E-state index contributed by atoms with van der Waals surface area (Å²) in [5.41, 5.74) is 1.63. The SMILES string of the molecule is Cc1nc2ccc(S(=O)(=O)N(CC(=O)NC3CCCCCC3)Cc3ccccc3)cc2s1. The van der Waals surface area contributed by atoms with Gasteiger partial charge < -0.3 is 5.32 Å². The summed E-state index contributed by atoms with van der Waals surface area (Å²) in [5, 5.41) is 3.97. The molecule has 0 aliphatic heterocycles. The lowest BCUT2D eigenvalue weighted by Gasteiger charge is -2.24. The van der Waals surface area contributed by atoms with E-state index in [0.29, 0.717) is 0 Å². The van der Waals surface area contributed by atoms with Crippen LogP contribution in [0.1, 0.15) is 49.1 Å². The van der Waals surface area contributed by atoms with Crippen molar-refractivity contribution in [1.82, 2.24) is 14.6 Å². The first-order valence-electron chi connectivity index (χ1n) is 11.1. The van der Waals surface area contributed by atoms with Gasteiger partial charge in [0, 0.05) is 12.6 Å². The summed E-state index contributed by atoms with van der Waals surface area (Å²) in [6.45, 7) is 1.84. The highest BCUT2D eigenvalue weighted by atomic mass is 32.2. The molecule has 170 valence electrons. The standard InChI is InChI=1S/C24H29N3O3S2/c1-18-25-22-14-13-21(15-23(22)31-18)32(29,30)27(16-19-9-5-4-6-10-19)17-24(28)26-20-11-7-2-3-8-12-20/h4-6,9-10,13-15,20H,2-3,7-8,11-12,16-17H2,1H3,(H,26,28). The second-order valence-corrected chi connectivity index (χ2v) is 11.5. The van der Waals surface area contributed by atoms with Gasteiger partial charge in [-0.25, -0.2) is 13.4 Å². The number of nitrogens with zero attached hydrogens (tertiary/aromatic N) is 2. The highest BCUT2D eigenvalue weighted by Gasteiger charge is 2.28. The number of sulfonamides is 1. The van der Waals surface area contributed by atoms with Crippen LogP contribution in [-0.2, 0) is 21.4 Å². The van der Waals surface area contributed by atoms with Crippen LogP contribution >= 0.6 is 11.3 Å². The van der Waals surface area contributed by atoms with Crippen molar-refractivity contribution in [2.75, 3.05) is 6.54 Å². The molecule has 1 aliphatic carbocycles. The topological polar surface area (TPSA) is 79.4 Å². The number of aryl methyl sites for hydroxylation is 1. The van der Waals surface area contributed by atoms with Crippen LogP contribution in [0.3, 0.4) is 0 Å². The maximum absolute atomic E-state index is 13.6. The van der Waals surface area contributed by atoms with Crippen molar-refractivity contribution in [2.24, 2.45) is 0 Å². The van der Waals surface area contributed by atoms with E-state index in [-0.39, 0.29) is 29.9 Å². The quantitative estimate of drug-likeness (QED) is 0.510. The van der Waals surface area contributed by atoms with Crippen LogP contribution in [-0.4, -0.2) is 36.2 Å². The van der Waals surface area contributed by atoms with Crippen LogP contribution < -0.4 is 5.32 Å². The molecular weight excluding hydrogens is 442 g/mol. The number of rotatable bonds is 7. The fourth-order valence-electron chi connectivity index (χ4n) is 4.20. The fraction of sp³-hybridized carbons (Fsp3) is 0.417. The Kier molecular flexibility index (Phi) is 7.23. The number of thiazole rings is 1. The second-order valence-electron chi connectivity index (χ2n) is 8.38.